The van der Waals surface area contributed by atoms with Crippen molar-refractivity contribution in [2.45, 2.75) is 11.8 Å². The summed E-state index contributed by atoms with van der Waals surface area (Å²) in [5, 5.41) is 0. The second-order valence-electron chi connectivity index (χ2n) is 9.65. The monoisotopic (exact) mass is 788 g/mol. The number of allylic oxidation sites excluding steroid dienone is 2. The van der Waals surface area contributed by atoms with Crippen LogP contribution in [0.15, 0.2) is 118 Å². The van der Waals surface area contributed by atoms with Crippen molar-refractivity contribution in [3.63, 3.8) is 0 Å². The molecule has 0 amide bonds. The average Bonchev–Trinajstić information content (AvgIpc) is 3.64. The summed E-state index contributed by atoms with van der Waals surface area (Å²) in [5.41, 5.74) is 9.93. The molecule has 0 N–H and O–H groups in total. The molecule has 2 unspecified atom stereocenters. The predicted octanol–water partition coefficient (Wildman–Crippen LogP) is 4.01. The summed E-state index contributed by atoms with van der Waals surface area (Å²) in [5.74, 6) is 1.38. The van der Waals surface area contributed by atoms with Crippen molar-refractivity contribution < 1.29 is 51.0 Å². The SMILES string of the molecule is Brc1ccc2c3c1C([C-]=C3)c1ccc(cc1)N2c1ccccn1.Brc1cccc2c1C(c1ccccc1)[C-]=C2.[Cl-].[Cl-].[Zr+4]. The van der Waals surface area contributed by atoms with Gasteiger partial charge in [-0.25, -0.2) is 17.1 Å². The number of fused-ring (bicyclic) bond motifs is 3. The first kappa shape index (κ1) is 32.6. The Labute approximate surface area is 295 Å². The van der Waals surface area contributed by atoms with Gasteiger partial charge in [-0.15, -0.1) is 22.8 Å². The van der Waals surface area contributed by atoms with Gasteiger partial charge >= 0.3 is 26.2 Å². The summed E-state index contributed by atoms with van der Waals surface area (Å²) in [6, 6.07) is 35.8. The van der Waals surface area contributed by atoms with E-state index in [-0.39, 0.29) is 62.9 Å². The summed E-state index contributed by atoms with van der Waals surface area (Å²) in [4.78, 5) is 6.78. The predicted molar refractivity (Wildman–Crippen MR) is 166 cm³/mol. The quantitative estimate of drug-likeness (QED) is 0.252. The van der Waals surface area contributed by atoms with E-state index in [0.29, 0.717) is 0 Å². The number of hydrogen-bond donors (Lipinski definition) is 0. The molecule has 42 heavy (non-hydrogen) atoms. The van der Waals surface area contributed by atoms with Crippen molar-refractivity contribution in [2.24, 2.45) is 0 Å². The van der Waals surface area contributed by atoms with Gasteiger partial charge in [-0.05, 0) is 36.0 Å². The van der Waals surface area contributed by atoms with E-state index in [4.69, 9.17) is 0 Å². The topological polar surface area (TPSA) is 16.1 Å². The molecule has 0 fully saturated rings. The Kier molecular flexibility index (Phi) is 10.9. The number of hydrogen-bond acceptors (Lipinski definition) is 2. The first-order chi connectivity index (χ1) is 19.2. The maximum atomic E-state index is 4.57. The molecule has 2 aliphatic carbocycles. The average molecular weight is 793 g/mol. The van der Waals surface area contributed by atoms with Gasteiger partial charge < -0.3 is 29.7 Å². The first-order valence-electron chi connectivity index (χ1n) is 12.8. The van der Waals surface area contributed by atoms with Crippen LogP contribution in [0.2, 0.25) is 0 Å². The van der Waals surface area contributed by atoms with E-state index in [1.54, 1.807) is 0 Å². The minimum atomic E-state index is 0. The van der Waals surface area contributed by atoms with Gasteiger partial charge in [0.25, 0.3) is 0 Å². The van der Waals surface area contributed by atoms with E-state index >= 15 is 0 Å². The second-order valence-corrected chi connectivity index (χ2v) is 11.4. The minimum Gasteiger partial charge on any atom is -1.00 e. The molecule has 6 bridgehead atoms. The summed E-state index contributed by atoms with van der Waals surface area (Å²) in [6.45, 7) is 0. The number of pyridine rings is 1. The molecular formula is C35H22Br2Cl2N2Zr. The van der Waals surface area contributed by atoms with Crippen LogP contribution in [0, 0.1) is 12.2 Å². The number of benzene rings is 4. The molecule has 4 aliphatic rings. The first-order valence-corrected chi connectivity index (χ1v) is 14.4. The number of rotatable bonds is 2. The van der Waals surface area contributed by atoms with Crippen LogP contribution in [0.3, 0.4) is 0 Å². The molecule has 5 aromatic rings. The molecule has 0 saturated heterocycles. The van der Waals surface area contributed by atoms with E-state index in [1.165, 1.54) is 37.9 Å². The second kappa shape index (κ2) is 14.0. The fraction of sp³-hybridized carbons (Fsp3) is 0.0571. The Hall–Kier alpha value is -2.27. The van der Waals surface area contributed by atoms with Gasteiger partial charge in [-0.3, -0.25) is 12.2 Å². The van der Waals surface area contributed by atoms with Gasteiger partial charge in [0.2, 0.25) is 0 Å². The van der Waals surface area contributed by atoms with Gasteiger partial charge in [-0.2, -0.15) is 5.56 Å². The molecule has 9 rings (SSSR count). The zero-order valence-corrected chi connectivity index (χ0v) is 29.2. The standard InChI is InChI=1S/C20H12BrN2.C15H10Br.2ClH.Zr/c21-17-10-11-18-16-9-8-15(20(16)17)13-4-6-14(7-5-13)23(18)19-3-1-2-12-22-19;16-14-8-4-7-12-9-10-13(15(12)14)11-5-2-1-3-6-11;;;/h1-7,9-12,15H;1-9,13H;2*1H;/q2*-1;;;+4/p-2. The van der Waals surface area contributed by atoms with Gasteiger partial charge in [0.05, 0.1) is 0 Å². The summed E-state index contributed by atoms with van der Waals surface area (Å²) in [7, 11) is 0. The molecule has 3 heterocycles. The van der Waals surface area contributed by atoms with Crippen molar-refractivity contribution in [1.29, 1.82) is 0 Å². The van der Waals surface area contributed by atoms with E-state index in [0.717, 1.165) is 21.7 Å². The van der Waals surface area contributed by atoms with E-state index in [2.05, 4.69) is 145 Å². The molecule has 4 aromatic carbocycles. The Morgan fingerprint density at radius 1 is 0.619 bits per heavy atom. The van der Waals surface area contributed by atoms with Crippen molar-refractivity contribution >= 4 is 61.2 Å². The fourth-order valence-electron chi connectivity index (χ4n) is 5.60. The fourth-order valence-corrected chi connectivity index (χ4v) is 6.78. The molecule has 0 spiro atoms. The molecular weight excluding hydrogens is 770 g/mol. The Morgan fingerprint density at radius 2 is 1.29 bits per heavy atom. The Bertz CT molecular complexity index is 1740. The van der Waals surface area contributed by atoms with Crippen LogP contribution < -0.4 is 29.7 Å². The van der Waals surface area contributed by atoms with Crippen LogP contribution in [0.25, 0.3) is 12.2 Å². The smallest absolute Gasteiger partial charge is 1.00 e. The van der Waals surface area contributed by atoms with E-state index in [1.807, 2.05) is 30.5 Å². The maximum Gasteiger partial charge on any atom is 4.00 e. The maximum absolute atomic E-state index is 4.57. The van der Waals surface area contributed by atoms with E-state index < -0.39 is 0 Å². The Morgan fingerprint density at radius 3 is 2.02 bits per heavy atom. The van der Waals surface area contributed by atoms with Crippen molar-refractivity contribution in [2.75, 3.05) is 4.90 Å². The van der Waals surface area contributed by atoms with Gasteiger partial charge in [0.15, 0.2) is 0 Å². The van der Waals surface area contributed by atoms with Crippen LogP contribution in [-0.4, -0.2) is 4.98 Å². The minimum absolute atomic E-state index is 0. The van der Waals surface area contributed by atoms with Crippen LogP contribution in [0.1, 0.15) is 45.2 Å². The van der Waals surface area contributed by atoms with Crippen LogP contribution >= 0.6 is 31.9 Å². The molecule has 7 heteroatoms. The third kappa shape index (κ3) is 5.92. The van der Waals surface area contributed by atoms with Gasteiger partial charge in [0, 0.05) is 20.8 Å². The largest absolute Gasteiger partial charge is 4.00 e. The van der Waals surface area contributed by atoms with Gasteiger partial charge in [0.1, 0.15) is 5.82 Å². The van der Waals surface area contributed by atoms with Crippen molar-refractivity contribution in [1.82, 2.24) is 4.98 Å². The van der Waals surface area contributed by atoms with Crippen molar-refractivity contribution in [3.8, 4) is 0 Å². The van der Waals surface area contributed by atoms with E-state index in [9.17, 15) is 0 Å². The number of aromatic nitrogens is 1. The molecule has 0 radical (unpaired) electrons. The summed E-state index contributed by atoms with van der Waals surface area (Å²) >= 11 is 7.35. The molecule has 1 aromatic heterocycles. The molecule has 0 saturated carbocycles. The number of nitrogens with zero attached hydrogens (tertiary/aromatic N) is 2. The van der Waals surface area contributed by atoms with Crippen LogP contribution in [-0.2, 0) is 26.2 Å². The van der Waals surface area contributed by atoms with Gasteiger partial charge in [-0.1, -0.05) is 122 Å². The summed E-state index contributed by atoms with van der Waals surface area (Å²) < 4.78 is 2.30. The summed E-state index contributed by atoms with van der Waals surface area (Å²) in [6.07, 6.45) is 13.0. The zero-order chi connectivity index (χ0) is 26.3. The molecule has 2 atom stereocenters. The normalized spacial score (nSPS) is 16.0. The number of halogens is 4. The third-order valence-electron chi connectivity index (χ3n) is 7.41. The number of anilines is 3. The third-order valence-corrected chi connectivity index (χ3v) is 8.79. The van der Waals surface area contributed by atoms with Crippen LogP contribution in [0.5, 0.6) is 0 Å². The zero-order valence-electron chi connectivity index (χ0n) is 22.1. The molecule has 204 valence electrons. The Balaban J connectivity index is 0.000000190. The molecule has 2 nitrogen and oxygen atoms in total. The molecule has 2 aliphatic heterocycles. The van der Waals surface area contributed by atoms with Crippen molar-refractivity contribution in [3.05, 3.63) is 164 Å². The van der Waals surface area contributed by atoms with Crippen LogP contribution in [0.4, 0.5) is 17.2 Å².